The van der Waals surface area contributed by atoms with Gasteiger partial charge in [0.1, 0.15) is 5.75 Å². The third kappa shape index (κ3) is 1.44. The number of nitrogens with two attached hydrogens (primary N) is 1. The van der Waals surface area contributed by atoms with Crippen molar-refractivity contribution in [3.8, 4) is 5.75 Å². The molecule has 0 bridgehead atoms. The van der Waals surface area contributed by atoms with Crippen molar-refractivity contribution in [1.82, 2.24) is 0 Å². The lowest BCUT2D eigenvalue weighted by atomic mass is 10.0. The smallest absolute Gasteiger partial charge is 0.120 e. The van der Waals surface area contributed by atoms with E-state index >= 15 is 0 Å². The standard InChI is InChI=1S/C12H13NO/c1-8(13)11-6-9-4-2-3-5-10(9)7-12(11)14/h2-8,14H,13H2,1H3. The number of fused-ring (bicyclic) bond motifs is 1. The molecule has 2 rings (SSSR count). The molecule has 0 amide bonds. The van der Waals surface area contributed by atoms with Gasteiger partial charge in [0.15, 0.2) is 0 Å². The van der Waals surface area contributed by atoms with Crippen LogP contribution in [0.25, 0.3) is 10.8 Å². The van der Waals surface area contributed by atoms with Gasteiger partial charge >= 0.3 is 0 Å². The fourth-order valence-electron chi connectivity index (χ4n) is 1.61. The maximum Gasteiger partial charge on any atom is 0.120 e. The minimum absolute atomic E-state index is 0.139. The van der Waals surface area contributed by atoms with Crippen LogP contribution in [0.1, 0.15) is 18.5 Å². The minimum Gasteiger partial charge on any atom is -0.508 e. The van der Waals surface area contributed by atoms with E-state index in [9.17, 15) is 5.11 Å². The molecule has 14 heavy (non-hydrogen) atoms. The van der Waals surface area contributed by atoms with Crippen LogP contribution in [0, 0.1) is 0 Å². The first-order valence-corrected chi connectivity index (χ1v) is 4.66. The first-order chi connectivity index (χ1) is 6.68. The van der Waals surface area contributed by atoms with Gasteiger partial charge in [-0.25, -0.2) is 0 Å². The molecule has 0 spiro atoms. The van der Waals surface area contributed by atoms with Gasteiger partial charge in [0, 0.05) is 11.6 Å². The van der Waals surface area contributed by atoms with Gasteiger partial charge in [-0.15, -0.1) is 0 Å². The molecule has 0 aromatic heterocycles. The van der Waals surface area contributed by atoms with Crippen LogP contribution in [0.4, 0.5) is 0 Å². The molecule has 0 fully saturated rings. The highest BCUT2D eigenvalue weighted by Gasteiger charge is 2.06. The normalized spacial score (nSPS) is 13.0. The lowest BCUT2D eigenvalue weighted by molar-refractivity contribution is 0.465. The molecule has 2 nitrogen and oxygen atoms in total. The van der Waals surface area contributed by atoms with Crippen LogP contribution < -0.4 is 5.73 Å². The van der Waals surface area contributed by atoms with Crippen molar-refractivity contribution in [3.63, 3.8) is 0 Å². The van der Waals surface area contributed by atoms with E-state index < -0.39 is 0 Å². The summed E-state index contributed by atoms with van der Waals surface area (Å²) in [6, 6.07) is 11.5. The molecule has 0 aliphatic carbocycles. The molecule has 3 N–H and O–H groups in total. The van der Waals surface area contributed by atoms with Crippen LogP contribution in [0.2, 0.25) is 0 Å². The second-order valence-electron chi connectivity index (χ2n) is 3.55. The Hall–Kier alpha value is -1.54. The number of hydrogen-bond donors (Lipinski definition) is 2. The molecule has 1 unspecified atom stereocenters. The molecule has 0 aliphatic heterocycles. The number of rotatable bonds is 1. The molecule has 2 aromatic carbocycles. The van der Waals surface area contributed by atoms with Crippen molar-refractivity contribution in [2.75, 3.05) is 0 Å². The summed E-state index contributed by atoms with van der Waals surface area (Å²) in [5.41, 5.74) is 6.54. The summed E-state index contributed by atoms with van der Waals surface area (Å²) < 4.78 is 0. The number of phenols is 1. The van der Waals surface area contributed by atoms with E-state index in [4.69, 9.17) is 5.73 Å². The molecule has 1 atom stereocenters. The van der Waals surface area contributed by atoms with E-state index in [0.29, 0.717) is 0 Å². The van der Waals surface area contributed by atoms with Crippen molar-refractivity contribution in [2.24, 2.45) is 5.73 Å². The summed E-state index contributed by atoms with van der Waals surface area (Å²) in [5.74, 6) is 0.277. The van der Waals surface area contributed by atoms with Gasteiger partial charge in [-0.1, -0.05) is 24.3 Å². The Bertz CT molecular complexity index is 463. The number of phenolic OH excluding ortho intramolecular Hbond substituents is 1. The highest BCUT2D eigenvalue weighted by molar-refractivity contribution is 5.85. The van der Waals surface area contributed by atoms with Gasteiger partial charge in [-0.3, -0.25) is 0 Å². The second kappa shape index (κ2) is 3.31. The zero-order chi connectivity index (χ0) is 10.1. The summed E-state index contributed by atoms with van der Waals surface area (Å²) in [6.07, 6.45) is 0. The molecule has 0 heterocycles. The van der Waals surface area contributed by atoms with Crippen LogP contribution in [-0.4, -0.2) is 5.11 Å². The Kier molecular flexibility index (Phi) is 2.14. The molecule has 0 saturated carbocycles. The Morgan fingerprint density at radius 1 is 1.14 bits per heavy atom. The second-order valence-corrected chi connectivity index (χ2v) is 3.55. The average molecular weight is 187 g/mol. The van der Waals surface area contributed by atoms with Crippen LogP contribution in [0.5, 0.6) is 5.75 Å². The summed E-state index contributed by atoms with van der Waals surface area (Å²) >= 11 is 0. The lowest BCUT2D eigenvalue weighted by Crippen LogP contribution is -2.04. The molecule has 0 saturated heterocycles. The van der Waals surface area contributed by atoms with Crippen molar-refractivity contribution in [2.45, 2.75) is 13.0 Å². The van der Waals surface area contributed by atoms with Crippen molar-refractivity contribution in [1.29, 1.82) is 0 Å². The molecule has 2 aromatic rings. The molecule has 0 radical (unpaired) electrons. The van der Waals surface area contributed by atoms with Gasteiger partial charge in [-0.2, -0.15) is 0 Å². The van der Waals surface area contributed by atoms with Crippen molar-refractivity contribution < 1.29 is 5.11 Å². The number of hydrogen-bond acceptors (Lipinski definition) is 2. The zero-order valence-corrected chi connectivity index (χ0v) is 8.07. The molecular formula is C12H13NO. The maximum atomic E-state index is 9.70. The van der Waals surface area contributed by atoms with Crippen LogP contribution in [0.15, 0.2) is 36.4 Å². The predicted molar refractivity (Wildman–Crippen MR) is 58.2 cm³/mol. The fraction of sp³-hybridized carbons (Fsp3) is 0.167. The van der Waals surface area contributed by atoms with E-state index in [1.165, 1.54) is 0 Å². The van der Waals surface area contributed by atoms with E-state index in [1.807, 2.05) is 37.3 Å². The largest absolute Gasteiger partial charge is 0.508 e. The number of aromatic hydroxyl groups is 1. The third-order valence-electron chi connectivity index (χ3n) is 2.39. The topological polar surface area (TPSA) is 46.2 Å². The fourth-order valence-corrected chi connectivity index (χ4v) is 1.61. The van der Waals surface area contributed by atoms with Crippen LogP contribution in [-0.2, 0) is 0 Å². The molecular weight excluding hydrogens is 174 g/mol. The molecule has 2 heteroatoms. The van der Waals surface area contributed by atoms with Crippen LogP contribution in [0.3, 0.4) is 0 Å². The predicted octanol–water partition coefficient (Wildman–Crippen LogP) is 2.57. The zero-order valence-electron chi connectivity index (χ0n) is 8.07. The van der Waals surface area contributed by atoms with Gasteiger partial charge in [0.2, 0.25) is 0 Å². The summed E-state index contributed by atoms with van der Waals surface area (Å²) in [4.78, 5) is 0. The number of benzene rings is 2. The first-order valence-electron chi connectivity index (χ1n) is 4.66. The van der Waals surface area contributed by atoms with E-state index in [-0.39, 0.29) is 11.8 Å². The highest BCUT2D eigenvalue weighted by atomic mass is 16.3. The summed E-state index contributed by atoms with van der Waals surface area (Å²) in [5, 5.41) is 11.8. The monoisotopic (exact) mass is 187 g/mol. The lowest BCUT2D eigenvalue weighted by Gasteiger charge is -2.09. The SMILES string of the molecule is CC(N)c1cc2ccccc2cc1O. The van der Waals surface area contributed by atoms with Crippen molar-refractivity contribution in [3.05, 3.63) is 42.0 Å². The maximum absolute atomic E-state index is 9.70. The quantitative estimate of drug-likeness (QED) is 0.720. The van der Waals surface area contributed by atoms with Gasteiger partial charge in [0.25, 0.3) is 0 Å². The van der Waals surface area contributed by atoms with E-state index in [2.05, 4.69) is 0 Å². The van der Waals surface area contributed by atoms with Crippen LogP contribution >= 0.6 is 0 Å². The van der Waals surface area contributed by atoms with Gasteiger partial charge in [-0.05, 0) is 29.8 Å². The molecule has 0 aliphatic rings. The van der Waals surface area contributed by atoms with E-state index in [0.717, 1.165) is 16.3 Å². The summed E-state index contributed by atoms with van der Waals surface area (Å²) in [7, 11) is 0. The van der Waals surface area contributed by atoms with Gasteiger partial charge < -0.3 is 10.8 Å². The first kappa shape index (κ1) is 9.03. The Morgan fingerprint density at radius 2 is 1.71 bits per heavy atom. The van der Waals surface area contributed by atoms with Crippen molar-refractivity contribution >= 4 is 10.8 Å². The Balaban J connectivity index is 2.71. The van der Waals surface area contributed by atoms with E-state index in [1.54, 1.807) is 6.07 Å². The Labute approximate surface area is 83.0 Å². The Morgan fingerprint density at radius 3 is 2.29 bits per heavy atom. The third-order valence-corrected chi connectivity index (χ3v) is 2.39. The average Bonchev–Trinajstić information content (AvgIpc) is 2.16. The van der Waals surface area contributed by atoms with Gasteiger partial charge in [0.05, 0.1) is 0 Å². The minimum atomic E-state index is -0.139. The molecule has 72 valence electrons. The highest BCUT2D eigenvalue weighted by Crippen LogP contribution is 2.28. The summed E-state index contributed by atoms with van der Waals surface area (Å²) in [6.45, 7) is 1.86.